The number of benzene rings is 1. The first-order chi connectivity index (χ1) is 15.0. The van der Waals surface area contributed by atoms with Gasteiger partial charge in [-0.2, -0.15) is 0 Å². The molecule has 0 fully saturated rings. The SMILES string of the molecule is C=C/C=C1\N=C(/C)c2ccccc2C(=O)NC(C(=O)N(C)OC)C/C=C/CCO1.CC. The number of aliphatic imine (C=N–C) groups is 1. The number of rotatable bonds is 3. The summed E-state index contributed by atoms with van der Waals surface area (Å²) in [5.41, 5.74) is 1.70. The molecule has 1 unspecified atom stereocenters. The fourth-order valence-electron chi connectivity index (χ4n) is 2.79. The smallest absolute Gasteiger partial charge is 0.268 e. The van der Waals surface area contributed by atoms with E-state index in [0.717, 1.165) is 5.06 Å². The second-order valence-electron chi connectivity index (χ2n) is 6.37. The Labute approximate surface area is 185 Å². The van der Waals surface area contributed by atoms with E-state index in [1.807, 2.05) is 38.1 Å². The molecule has 0 aliphatic carbocycles. The molecule has 7 nitrogen and oxygen atoms in total. The van der Waals surface area contributed by atoms with Crippen LogP contribution >= 0.6 is 0 Å². The number of likely N-dealkylation sites (N-methyl/N-ethyl adjacent to an activating group) is 1. The van der Waals surface area contributed by atoms with Crippen molar-refractivity contribution in [3.8, 4) is 0 Å². The van der Waals surface area contributed by atoms with Crippen LogP contribution in [0.4, 0.5) is 0 Å². The van der Waals surface area contributed by atoms with E-state index in [0.29, 0.717) is 42.2 Å². The summed E-state index contributed by atoms with van der Waals surface area (Å²) in [6.45, 7) is 9.92. The number of nitrogens with zero attached hydrogens (tertiary/aromatic N) is 2. The lowest BCUT2D eigenvalue weighted by Gasteiger charge is -2.22. The molecule has 0 spiro atoms. The van der Waals surface area contributed by atoms with E-state index < -0.39 is 6.04 Å². The van der Waals surface area contributed by atoms with E-state index in [-0.39, 0.29) is 11.8 Å². The minimum atomic E-state index is -0.755. The second kappa shape index (κ2) is 13.9. The summed E-state index contributed by atoms with van der Waals surface area (Å²) in [7, 11) is 2.91. The molecule has 2 amide bonds. The quantitative estimate of drug-likeness (QED) is 0.583. The summed E-state index contributed by atoms with van der Waals surface area (Å²) in [4.78, 5) is 35.1. The molecule has 0 aromatic heterocycles. The fraction of sp³-hybridized carbons (Fsp3) is 0.375. The number of amides is 2. The maximum atomic E-state index is 13.0. The van der Waals surface area contributed by atoms with Crippen LogP contribution in [-0.2, 0) is 14.4 Å². The summed E-state index contributed by atoms with van der Waals surface area (Å²) in [6, 6.07) is 6.35. The van der Waals surface area contributed by atoms with Gasteiger partial charge in [0.25, 0.3) is 11.8 Å². The van der Waals surface area contributed by atoms with Crippen molar-refractivity contribution >= 4 is 17.5 Å². The van der Waals surface area contributed by atoms with Crippen molar-refractivity contribution in [3.05, 3.63) is 72.2 Å². The molecule has 1 aliphatic rings. The van der Waals surface area contributed by atoms with Crippen LogP contribution in [0.3, 0.4) is 0 Å². The van der Waals surface area contributed by atoms with Gasteiger partial charge in [0, 0.05) is 23.9 Å². The van der Waals surface area contributed by atoms with Crippen molar-refractivity contribution in [3.63, 3.8) is 0 Å². The number of allylic oxidation sites excluding steroid dienone is 2. The number of ether oxygens (including phenoxy) is 1. The highest BCUT2D eigenvalue weighted by Crippen LogP contribution is 2.15. The van der Waals surface area contributed by atoms with Gasteiger partial charge >= 0.3 is 0 Å². The van der Waals surface area contributed by atoms with Gasteiger partial charge in [-0.15, -0.1) is 0 Å². The van der Waals surface area contributed by atoms with Crippen molar-refractivity contribution in [2.45, 2.75) is 39.7 Å². The molecule has 31 heavy (non-hydrogen) atoms. The highest BCUT2D eigenvalue weighted by Gasteiger charge is 2.25. The monoisotopic (exact) mass is 427 g/mol. The fourth-order valence-corrected chi connectivity index (χ4v) is 2.79. The molecule has 0 saturated heterocycles. The van der Waals surface area contributed by atoms with Crippen LogP contribution < -0.4 is 5.32 Å². The van der Waals surface area contributed by atoms with Gasteiger partial charge in [-0.05, 0) is 31.9 Å². The van der Waals surface area contributed by atoms with Gasteiger partial charge in [-0.25, -0.2) is 10.1 Å². The van der Waals surface area contributed by atoms with E-state index in [2.05, 4.69) is 16.9 Å². The lowest BCUT2D eigenvalue weighted by Crippen LogP contribution is -2.47. The van der Waals surface area contributed by atoms with Crippen LogP contribution in [-0.4, -0.2) is 49.4 Å². The first kappa shape index (κ1) is 25.8. The van der Waals surface area contributed by atoms with Gasteiger partial charge < -0.3 is 10.1 Å². The average Bonchev–Trinajstić information content (AvgIpc) is 2.80. The summed E-state index contributed by atoms with van der Waals surface area (Å²) in [5, 5.41) is 3.93. The predicted molar refractivity (Wildman–Crippen MR) is 124 cm³/mol. The van der Waals surface area contributed by atoms with Crippen LogP contribution in [0.2, 0.25) is 0 Å². The molecular formula is C24H33N3O4. The molecule has 0 saturated carbocycles. The van der Waals surface area contributed by atoms with E-state index >= 15 is 0 Å². The lowest BCUT2D eigenvalue weighted by atomic mass is 10.0. The van der Waals surface area contributed by atoms with Crippen molar-refractivity contribution in [1.82, 2.24) is 10.4 Å². The Balaban J connectivity index is 0.00000233. The van der Waals surface area contributed by atoms with Crippen LogP contribution in [0.1, 0.15) is 49.5 Å². The standard InChI is InChI=1S/C22H27N3O4.C2H6/c1-5-11-20-23-16(2)17-12-8-9-13-18(17)21(26)24-19(22(27)25(3)28-4)14-7-6-10-15-29-20;1-2/h5-9,11-13,19H,1,10,14-15H2,2-4H3,(H,24,26);1-2H3/b7-6+,20-11+,23-16+;. The molecule has 1 heterocycles. The van der Waals surface area contributed by atoms with Gasteiger partial charge in [-0.3, -0.25) is 14.4 Å². The summed E-state index contributed by atoms with van der Waals surface area (Å²) in [6.07, 6.45) is 8.00. The Morgan fingerprint density at radius 2 is 1.97 bits per heavy atom. The van der Waals surface area contributed by atoms with E-state index in [9.17, 15) is 9.59 Å². The van der Waals surface area contributed by atoms with Gasteiger partial charge in [-0.1, -0.05) is 56.9 Å². The normalized spacial score (nSPS) is 20.9. The Morgan fingerprint density at radius 3 is 2.61 bits per heavy atom. The molecule has 2 rings (SSSR count). The summed E-state index contributed by atoms with van der Waals surface area (Å²) in [5.74, 6) is -0.278. The topological polar surface area (TPSA) is 80.2 Å². The Bertz CT molecular complexity index is 843. The summed E-state index contributed by atoms with van der Waals surface area (Å²) < 4.78 is 5.72. The molecular weight excluding hydrogens is 394 g/mol. The molecule has 1 aromatic carbocycles. The van der Waals surface area contributed by atoms with Crippen LogP contribution in [0, 0.1) is 0 Å². The Morgan fingerprint density at radius 1 is 1.29 bits per heavy atom. The Kier molecular flexibility index (Phi) is 11.6. The minimum absolute atomic E-state index is 0.336. The van der Waals surface area contributed by atoms with Gasteiger partial charge in [0.05, 0.1) is 13.7 Å². The van der Waals surface area contributed by atoms with Gasteiger partial charge in [0.2, 0.25) is 5.88 Å². The predicted octanol–water partition coefficient (Wildman–Crippen LogP) is 4.03. The van der Waals surface area contributed by atoms with Crippen LogP contribution in [0.5, 0.6) is 0 Å². The number of hydrogen-bond acceptors (Lipinski definition) is 5. The van der Waals surface area contributed by atoms with E-state index in [1.165, 1.54) is 14.2 Å². The second-order valence-corrected chi connectivity index (χ2v) is 6.37. The minimum Gasteiger partial charge on any atom is -0.477 e. The molecule has 1 aliphatic heterocycles. The molecule has 7 heteroatoms. The number of nitrogens with one attached hydrogen (secondary N) is 1. The molecule has 0 radical (unpaired) electrons. The maximum Gasteiger partial charge on any atom is 0.268 e. The third-order valence-electron chi connectivity index (χ3n) is 4.36. The van der Waals surface area contributed by atoms with Crippen molar-refractivity contribution in [1.29, 1.82) is 0 Å². The van der Waals surface area contributed by atoms with Crippen molar-refractivity contribution in [2.24, 2.45) is 4.99 Å². The molecule has 1 aromatic rings. The molecule has 1 N–H and O–H groups in total. The molecule has 1 atom stereocenters. The highest BCUT2D eigenvalue weighted by atomic mass is 16.7. The van der Waals surface area contributed by atoms with E-state index in [4.69, 9.17) is 9.57 Å². The lowest BCUT2D eigenvalue weighted by molar-refractivity contribution is -0.170. The van der Waals surface area contributed by atoms with Crippen LogP contribution in [0.15, 0.2) is 66.0 Å². The molecule has 168 valence electrons. The first-order valence-corrected chi connectivity index (χ1v) is 10.4. The third kappa shape index (κ3) is 7.86. The van der Waals surface area contributed by atoms with Gasteiger partial charge in [0.1, 0.15) is 6.04 Å². The van der Waals surface area contributed by atoms with Crippen molar-refractivity contribution in [2.75, 3.05) is 20.8 Å². The summed E-state index contributed by atoms with van der Waals surface area (Å²) >= 11 is 0. The van der Waals surface area contributed by atoms with Gasteiger partial charge in [0.15, 0.2) is 0 Å². The van der Waals surface area contributed by atoms with Crippen LogP contribution in [0.25, 0.3) is 0 Å². The number of fused-ring (bicyclic) bond motifs is 1. The third-order valence-corrected chi connectivity index (χ3v) is 4.36. The number of hydroxylamine groups is 2. The molecule has 0 bridgehead atoms. The first-order valence-electron chi connectivity index (χ1n) is 10.4. The van der Waals surface area contributed by atoms with Crippen molar-refractivity contribution < 1.29 is 19.2 Å². The number of hydrogen-bond donors (Lipinski definition) is 1. The largest absolute Gasteiger partial charge is 0.477 e. The number of carbonyl (C=O) groups is 2. The highest BCUT2D eigenvalue weighted by molar-refractivity contribution is 6.10. The zero-order valence-corrected chi connectivity index (χ0v) is 19.1. The zero-order valence-electron chi connectivity index (χ0n) is 19.1. The van der Waals surface area contributed by atoms with E-state index in [1.54, 1.807) is 31.2 Å². The zero-order chi connectivity index (χ0) is 23.2. The maximum absolute atomic E-state index is 13.0. The average molecular weight is 428 g/mol. The Hall–Kier alpha value is -3.19. The number of carbonyl (C=O) groups excluding carboxylic acids is 2.